The van der Waals surface area contributed by atoms with Crippen LogP contribution >= 0.6 is 11.3 Å². The molecule has 1 amide bonds. The number of carbonyl (C=O) groups is 1. The number of anilines is 1. The zero-order valence-corrected chi connectivity index (χ0v) is 14.1. The van der Waals surface area contributed by atoms with E-state index in [0.29, 0.717) is 19.0 Å². The molecule has 1 saturated heterocycles. The van der Waals surface area contributed by atoms with E-state index in [0.717, 1.165) is 30.2 Å². The molecule has 0 unspecified atom stereocenters. The molecule has 2 aliphatic rings. The van der Waals surface area contributed by atoms with Gasteiger partial charge >= 0.3 is 0 Å². The van der Waals surface area contributed by atoms with E-state index in [9.17, 15) is 4.79 Å². The fourth-order valence-electron chi connectivity index (χ4n) is 3.07. The van der Waals surface area contributed by atoms with Gasteiger partial charge in [0.25, 0.3) is 0 Å². The molecule has 122 valence electrons. The van der Waals surface area contributed by atoms with Crippen LogP contribution in [-0.2, 0) is 4.79 Å². The van der Waals surface area contributed by atoms with Crippen molar-refractivity contribution in [3.63, 3.8) is 0 Å². The second kappa shape index (κ2) is 5.72. The summed E-state index contributed by atoms with van der Waals surface area (Å²) in [5, 5.41) is 2.16. The number of hydrogen-bond acceptors (Lipinski definition) is 6. The summed E-state index contributed by atoms with van der Waals surface area (Å²) in [6.07, 6.45) is 2.40. The molecule has 1 saturated carbocycles. The molecule has 0 atom stereocenters. The number of nitrogens with two attached hydrogens (primary N) is 1. The number of aromatic nitrogens is 2. The second-order valence-electron chi connectivity index (χ2n) is 6.35. The minimum absolute atomic E-state index is 0.0307. The lowest BCUT2D eigenvalue weighted by atomic mass is 10.2. The largest absolute Gasteiger partial charge is 0.352 e. The van der Waals surface area contributed by atoms with E-state index in [1.54, 1.807) is 11.3 Å². The summed E-state index contributed by atoms with van der Waals surface area (Å²) >= 11 is 1.72. The Kier molecular flexibility index (Phi) is 3.69. The van der Waals surface area contributed by atoms with Crippen molar-refractivity contribution in [3.8, 4) is 0 Å². The van der Waals surface area contributed by atoms with Gasteiger partial charge in [0, 0.05) is 32.1 Å². The van der Waals surface area contributed by atoms with Gasteiger partial charge in [-0.2, -0.15) is 0 Å². The van der Waals surface area contributed by atoms with Gasteiger partial charge < -0.3 is 15.5 Å². The lowest BCUT2D eigenvalue weighted by Gasteiger charge is -2.35. The SMILES string of the molecule is Cc1csc2c(N3CCN(C(=O)CN)CC3)nc(C3CC3)nc12. The number of rotatable bonds is 3. The first-order valence-corrected chi connectivity index (χ1v) is 9.04. The zero-order valence-electron chi connectivity index (χ0n) is 13.3. The molecule has 0 aromatic carbocycles. The topological polar surface area (TPSA) is 75.3 Å². The monoisotopic (exact) mass is 331 g/mol. The van der Waals surface area contributed by atoms with E-state index >= 15 is 0 Å². The van der Waals surface area contributed by atoms with Crippen molar-refractivity contribution in [1.29, 1.82) is 0 Å². The predicted octanol–water partition coefficient (Wildman–Crippen LogP) is 1.48. The first-order chi connectivity index (χ1) is 11.2. The number of piperazine rings is 1. The summed E-state index contributed by atoms with van der Waals surface area (Å²) in [6.45, 7) is 5.24. The average molecular weight is 331 g/mol. The number of hydrogen-bond donors (Lipinski definition) is 1. The third-order valence-corrected chi connectivity index (χ3v) is 5.72. The maximum atomic E-state index is 11.7. The van der Waals surface area contributed by atoms with Crippen LogP contribution in [0.2, 0.25) is 0 Å². The van der Waals surface area contributed by atoms with Gasteiger partial charge in [0.2, 0.25) is 5.91 Å². The molecule has 2 aromatic rings. The predicted molar refractivity (Wildman–Crippen MR) is 92.0 cm³/mol. The van der Waals surface area contributed by atoms with Crippen LogP contribution in [-0.4, -0.2) is 53.5 Å². The molecule has 23 heavy (non-hydrogen) atoms. The highest BCUT2D eigenvalue weighted by molar-refractivity contribution is 7.18. The van der Waals surface area contributed by atoms with Gasteiger partial charge in [0.1, 0.15) is 5.82 Å². The summed E-state index contributed by atoms with van der Waals surface area (Å²) in [5.74, 6) is 2.62. The Morgan fingerprint density at radius 3 is 2.70 bits per heavy atom. The highest BCUT2D eigenvalue weighted by Crippen LogP contribution is 2.41. The lowest BCUT2D eigenvalue weighted by molar-refractivity contribution is -0.129. The first-order valence-electron chi connectivity index (χ1n) is 8.16. The Morgan fingerprint density at radius 1 is 1.30 bits per heavy atom. The first kappa shape index (κ1) is 14.8. The fraction of sp³-hybridized carbons (Fsp3) is 0.562. The minimum Gasteiger partial charge on any atom is -0.352 e. The average Bonchev–Trinajstić information content (AvgIpc) is 3.38. The summed E-state index contributed by atoms with van der Waals surface area (Å²) in [4.78, 5) is 25.6. The van der Waals surface area contributed by atoms with Crippen LogP contribution in [0.15, 0.2) is 5.38 Å². The van der Waals surface area contributed by atoms with Gasteiger partial charge in [0.05, 0.1) is 16.8 Å². The van der Waals surface area contributed by atoms with Crippen LogP contribution in [0.5, 0.6) is 0 Å². The fourth-order valence-corrected chi connectivity index (χ4v) is 4.07. The summed E-state index contributed by atoms with van der Waals surface area (Å²) in [6, 6.07) is 0. The van der Waals surface area contributed by atoms with Gasteiger partial charge in [-0.1, -0.05) is 0 Å². The number of thiophene rings is 1. The molecule has 4 rings (SSSR count). The molecule has 6 nitrogen and oxygen atoms in total. The van der Waals surface area contributed by atoms with Crippen LogP contribution in [0.25, 0.3) is 10.2 Å². The van der Waals surface area contributed by atoms with E-state index in [-0.39, 0.29) is 12.5 Å². The number of amides is 1. The van der Waals surface area contributed by atoms with Crippen molar-refractivity contribution in [2.75, 3.05) is 37.6 Å². The van der Waals surface area contributed by atoms with Crippen molar-refractivity contribution in [3.05, 3.63) is 16.8 Å². The summed E-state index contributed by atoms with van der Waals surface area (Å²) in [7, 11) is 0. The van der Waals surface area contributed by atoms with Crippen molar-refractivity contribution < 1.29 is 4.79 Å². The van der Waals surface area contributed by atoms with Gasteiger partial charge in [-0.15, -0.1) is 11.3 Å². The van der Waals surface area contributed by atoms with Crippen molar-refractivity contribution in [2.45, 2.75) is 25.7 Å². The van der Waals surface area contributed by atoms with E-state index in [2.05, 4.69) is 17.2 Å². The molecule has 2 N–H and O–H groups in total. The van der Waals surface area contributed by atoms with E-state index in [4.69, 9.17) is 15.7 Å². The molecule has 3 heterocycles. The summed E-state index contributed by atoms with van der Waals surface area (Å²) < 4.78 is 1.17. The molecule has 0 bridgehead atoms. The molecular weight excluding hydrogens is 310 g/mol. The van der Waals surface area contributed by atoms with Crippen LogP contribution in [0.3, 0.4) is 0 Å². The maximum absolute atomic E-state index is 11.7. The standard InChI is InChI=1S/C16H21N5OS/c1-10-9-23-14-13(10)18-15(11-2-3-11)19-16(14)21-6-4-20(5-7-21)12(22)8-17/h9,11H,2-8,17H2,1H3. The van der Waals surface area contributed by atoms with Crippen molar-refractivity contribution in [2.24, 2.45) is 5.73 Å². The highest BCUT2D eigenvalue weighted by atomic mass is 32.1. The zero-order chi connectivity index (χ0) is 16.0. The molecule has 1 aliphatic carbocycles. The smallest absolute Gasteiger partial charge is 0.236 e. The Morgan fingerprint density at radius 2 is 2.04 bits per heavy atom. The third-order valence-electron chi connectivity index (χ3n) is 4.64. The van der Waals surface area contributed by atoms with Crippen LogP contribution in [0.1, 0.15) is 30.1 Å². The minimum atomic E-state index is 0.0307. The van der Waals surface area contributed by atoms with E-state index in [1.165, 1.54) is 23.1 Å². The van der Waals surface area contributed by atoms with Crippen molar-refractivity contribution in [1.82, 2.24) is 14.9 Å². The van der Waals surface area contributed by atoms with Crippen LogP contribution in [0, 0.1) is 6.92 Å². The number of carbonyl (C=O) groups excluding carboxylic acids is 1. The molecule has 2 aromatic heterocycles. The van der Waals surface area contributed by atoms with Crippen LogP contribution < -0.4 is 10.6 Å². The Hall–Kier alpha value is -1.73. The quantitative estimate of drug-likeness (QED) is 0.922. The van der Waals surface area contributed by atoms with Crippen molar-refractivity contribution >= 4 is 33.3 Å². The Bertz CT molecular complexity index is 746. The second-order valence-corrected chi connectivity index (χ2v) is 7.23. The highest BCUT2D eigenvalue weighted by Gasteiger charge is 2.30. The summed E-state index contributed by atoms with van der Waals surface area (Å²) in [5.41, 5.74) is 7.79. The number of fused-ring (bicyclic) bond motifs is 1. The molecular formula is C16H21N5OS. The van der Waals surface area contributed by atoms with Gasteiger partial charge in [-0.25, -0.2) is 9.97 Å². The van der Waals surface area contributed by atoms with Gasteiger partial charge in [-0.3, -0.25) is 4.79 Å². The molecule has 0 spiro atoms. The maximum Gasteiger partial charge on any atom is 0.236 e. The number of aryl methyl sites for hydroxylation is 1. The lowest BCUT2D eigenvalue weighted by Crippen LogP contribution is -2.50. The molecule has 0 radical (unpaired) electrons. The molecule has 2 fully saturated rings. The van der Waals surface area contributed by atoms with Gasteiger partial charge in [0.15, 0.2) is 5.82 Å². The van der Waals surface area contributed by atoms with Gasteiger partial charge in [-0.05, 0) is 30.7 Å². The Labute approximate surface area is 139 Å². The molecule has 7 heteroatoms. The van der Waals surface area contributed by atoms with E-state index < -0.39 is 0 Å². The Balaban J connectivity index is 1.65. The van der Waals surface area contributed by atoms with E-state index in [1.807, 2.05) is 4.90 Å². The molecule has 1 aliphatic heterocycles. The number of nitrogens with zero attached hydrogens (tertiary/aromatic N) is 4. The van der Waals surface area contributed by atoms with Crippen LogP contribution in [0.4, 0.5) is 5.82 Å². The normalized spacial score (nSPS) is 18.7. The third kappa shape index (κ3) is 2.68.